The molecule has 0 radical (unpaired) electrons. The second kappa shape index (κ2) is 11.2. The molecule has 1 atom stereocenters. The van der Waals surface area contributed by atoms with Crippen LogP contribution in [0.4, 0.5) is 9.93 Å². The molecule has 3 aromatic rings. The van der Waals surface area contributed by atoms with Gasteiger partial charge in [0.15, 0.2) is 5.13 Å². The van der Waals surface area contributed by atoms with Crippen LogP contribution in [0.1, 0.15) is 44.3 Å². The summed E-state index contributed by atoms with van der Waals surface area (Å²) < 4.78 is 16.8. The Bertz CT molecular complexity index is 1220. The number of amides is 1. The van der Waals surface area contributed by atoms with Crippen LogP contribution in [0.5, 0.6) is 11.5 Å². The Morgan fingerprint density at radius 3 is 2.32 bits per heavy atom. The van der Waals surface area contributed by atoms with Crippen molar-refractivity contribution < 1.29 is 23.8 Å². The van der Waals surface area contributed by atoms with E-state index in [1.807, 2.05) is 82.3 Å². The summed E-state index contributed by atoms with van der Waals surface area (Å²) in [4.78, 5) is 34.6. The van der Waals surface area contributed by atoms with E-state index in [0.717, 1.165) is 16.4 Å². The molecule has 196 valence electrons. The molecule has 2 heterocycles. The van der Waals surface area contributed by atoms with Crippen LogP contribution in [-0.4, -0.2) is 59.8 Å². The van der Waals surface area contributed by atoms with Crippen molar-refractivity contribution in [1.29, 1.82) is 0 Å². The van der Waals surface area contributed by atoms with Crippen molar-refractivity contribution in [3.8, 4) is 22.8 Å². The number of nitrogens with zero attached hydrogens (tertiary/aromatic N) is 3. The van der Waals surface area contributed by atoms with Gasteiger partial charge in [0.05, 0.1) is 12.3 Å². The maximum Gasteiger partial charge on any atom is 0.410 e. The van der Waals surface area contributed by atoms with Gasteiger partial charge in [0, 0.05) is 31.2 Å². The fourth-order valence-corrected chi connectivity index (χ4v) is 5.02. The van der Waals surface area contributed by atoms with Gasteiger partial charge >= 0.3 is 12.1 Å². The predicted molar refractivity (Wildman–Crippen MR) is 145 cm³/mol. The van der Waals surface area contributed by atoms with Crippen LogP contribution in [0.15, 0.2) is 54.6 Å². The lowest BCUT2D eigenvalue weighted by Crippen LogP contribution is -2.55. The van der Waals surface area contributed by atoms with Crippen LogP contribution < -0.4 is 9.64 Å². The van der Waals surface area contributed by atoms with Crippen molar-refractivity contribution in [2.24, 2.45) is 0 Å². The van der Waals surface area contributed by atoms with Crippen molar-refractivity contribution in [3.05, 3.63) is 59.5 Å². The average molecular weight is 524 g/mol. The molecule has 1 fully saturated rings. The summed E-state index contributed by atoms with van der Waals surface area (Å²) in [6, 6.07) is 17.0. The third-order valence-electron chi connectivity index (χ3n) is 5.71. The zero-order valence-electron chi connectivity index (χ0n) is 21.9. The molecule has 0 N–H and O–H groups in total. The summed E-state index contributed by atoms with van der Waals surface area (Å²) in [7, 11) is 0. The molecule has 4 rings (SSSR count). The molecule has 0 saturated carbocycles. The summed E-state index contributed by atoms with van der Waals surface area (Å²) in [5.74, 6) is 1.04. The van der Waals surface area contributed by atoms with E-state index in [-0.39, 0.29) is 18.7 Å². The molecule has 2 aromatic carbocycles. The monoisotopic (exact) mass is 523 g/mol. The topological polar surface area (TPSA) is 81.2 Å². The highest BCUT2D eigenvalue weighted by atomic mass is 32.1. The smallest absolute Gasteiger partial charge is 0.410 e. The fraction of sp³-hybridized carbons (Fsp3) is 0.393. The fourth-order valence-electron chi connectivity index (χ4n) is 4.00. The normalized spacial score (nSPS) is 15.9. The highest BCUT2D eigenvalue weighted by Crippen LogP contribution is 2.36. The van der Waals surface area contributed by atoms with Crippen molar-refractivity contribution in [2.75, 3.05) is 31.1 Å². The highest BCUT2D eigenvalue weighted by molar-refractivity contribution is 7.18. The Balaban J connectivity index is 1.54. The van der Waals surface area contributed by atoms with Gasteiger partial charge < -0.3 is 24.0 Å². The Kier molecular flexibility index (Phi) is 8.02. The Labute approximate surface area is 221 Å². The number of esters is 1. The number of para-hydroxylation sites is 1. The van der Waals surface area contributed by atoms with Gasteiger partial charge in [-0.15, -0.1) is 0 Å². The molecule has 1 amide bonds. The SMILES string of the molecule is CCOC(=O)c1sc(N2CCN(C(=O)OC(C)(C)C)C(C)C2)nc1-c1ccc(Oc2ccccc2)cc1. The molecule has 1 aliphatic heterocycles. The Hall–Kier alpha value is -3.59. The number of rotatable bonds is 6. The summed E-state index contributed by atoms with van der Waals surface area (Å²) in [6.07, 6.45) is -0.315. The molecule has 1 saturated heterocycles. The zero-order chi connectivity index (χ0) is 26.6. The number of ether oxygens (including phenoxy) is 3. The maximum absolute atomic E-state index is 12.8. The third-order valence-corrected chi connectivity index (χ3v) is 6.81. The zero-order valence-corrected chi connectivity index (χ0v) is 22.7. The van der Waals surface area contributed by atoms with E-state index in [1.165, 1.54) is 11.3 Å². The van der Waals surface area contributed by atoms with Crippen LogP contribution in [0.2, 0.25) is 0 Å². The first kappa shape index (κ1) is 26.5. The first-order valence-corrected chi connectivity index (χ1v) is 13.2. The van der Waals surface area contributed by atoms with Gasteiger partial charge in [0.25, 0.3) is 0 Å². The summed E-state index contributed by atoms with van der Waals surface area (Å²) in [6.45, 7) is 11.3. The lowest BCUT2D eigenvalue weighted by Gasteiger charge is -2.40. The molecule has 0 bridgehead atoms. The van der Waals surface area contributed by atoms with Crippen molar-refractivity contribution >= 4 is 28.5 Å². The number of hydrogen-bond donors (Lipinski definition) is 0. The molecular formula is C28H33N3O5S. The molecule has 1 unspecified atom stereocenters. The second-order valence-corrected chi connectivity index (χ2v) is 10.8. The van der Waals surface area contributed by atoms with E-state index in [1.54, 1.807) is 11.8 Å². The quantitative estimate of drug-likeness (QED) is 0.355. The molecular weight excluding hydrogens is 490 g/mol. The van der Waals surface area contributed by atoms with Crippen LogP contribution in [-0.2, 0) is 9.47 Å². The largest absolute Gasteiger partial charge is 0.462 e. The predicted octanol–water partition coefficient (Wildman–Crippen LogP) is 6.22. The molecule has 0 spiro atoms. The molecule has 9 heteroatoms. The van der Waals surface area contributed by atoms with Gasteiger partial charge in [-0.2, -0.15) is 0 Å². The second-order valence-electron chi connectivity index (χ2n) is 9.80. The summed E-state index contributed by atoms with van der Waals surface area (Å²) in [5, 5.41) is 0.721. The number of thiazole rings is 1. The van der Waals surface area contributed by atoms with Crippen LogP contribution in [0.3, 0.4) is 0 Å². The number of carbonyl (C=O) groups is 2. The van der Waals surface area contributed by atoms with Gasteiger partial charge in [-0.3, -0.25) is 0 Å². The minimum absolute atomic E-state index is 0.0728. The van der Waals surface area contributed by atoms with E-state index in [4.69, 9.17) is 19.2 Å². The van der Waals surface area contributed by atoms with Crippen molar-refractivity contribution in [2.45, 2.75) is 46.3 Å². The number of anilines is 1. The minimum Gasteiger partial charge on any atom is -0.462 e. The summed E-state index contributed by atoms with van der Waals surface area (Å²) >= 11 is 1.31. The molecule has 1 aromatic heterocycles. The minimum atomic E-state index is -0.547. The van der Waals surface area contributed by atoms with Gasteiger partial charge in [0.2, 0.25) is 0 Å². The molecule has 37 heavy (non-hydrogen) atoms. The number of hydrogen-bond acceptors (Lipinski definition) is 8. The molecule has 0 aliphatic carbocycles. The van der Waals surface area contributed by atoms with E-state index >= 15 is 0 Å². The Morgan fingerprint density at radius 2 is 1.70 bits per heavy atom. The first-order chi connectivity index (χ1) is 17.6. The van der Waals surface area contributed by atoms with Gasteiger partial charge in [-0.25, -0.2) is 14.6 Å². The maximum atomic E-state index is 12.8. The number of aromatic nitrogens is 1. The van der Waals surface area contributed by atoms with E-state index < -0.39 is 11.6 Å². The number of benzene rings is 2. The summed E-state index contributed by atoms with van der Waals surface area (Å²) in [5.41, 5.74) is 0.826. The lowest BCUT2D eigenvalue weighted by molar-refractivity contribution is 0.0158. The van der Waals surface area contributed by atoms with Crippen LogP contribution in [0.25, 0.3) is 11.3 Å². The Morgan fingerprint density at radius 1 is 1.03 bits per heavy atom. The first-order valence-electron chi connectivity index (χ1n) is 12.4. The average Bonchev–Trinajstić information content (AvgIpc) is 3.30. The third kappa shape index (κ3) is 6.60. The van der Waals surface area contributed by atoms with Gasteiger partial charge in [-0.05, 0) is 71.0 Å². The number of carbonyl (C=O) groups excluding carboxylic acids is 2. The highest BCUT2D eigenvalue weighted by Gasteiger charge is 2.33. The van der Waals surface area contributed by atoms with Gasteiger partial charge in [-0.1, -0.05) is 29.5 Å². The van der Waals surface area contributed by atoms with Crippen LogP contribution >= 0.6 is 11.3 Å². The molecule has 8 nitrogen and oxygen atoms in total. The lowest BCUT2D eigenvalue weighted by atomic mass is 10.1. The van der Waals surface area contributed by atoms with Gasteiger partial charge in [0.1, 0.15) is 22.0 Å². The van der Waals surface area contributed by atoms with Crippen LogP contribution in [0, 0.1) is 0 Å². The van der Waals surface area contributed by atoms with E-state index in [9.17, 15) is 9.59 Å². The van der Waals surface area contributed by atoms with Crippen molar-refractivity contribution in [1.82, 2.24) is 9.88 Å². The standard InChI is InChI=1S/C28H33N3O5S/c1-6-34-25(32)24-23(20-12-14-22(15-13-20)35-21-10-8-7-9-11-21)29-26(37-24)30-16-17-31(19(2)18-30)27(33)36-28(3,4)5/h7-15,19H,6,16-18H2,1-5H3. The van der Waals surface area contributed by atoms with E-state index in [2.05, 4.69) is 4.90 Å². The van der Waals surface area contributed by atoms with E-state index in [0.29, 0.717) is 36.0 Å². The number of piperazine rings is 1. The molecule has 1 aliphatic rings. The van der Waals surface area contributed by atoms with Crippen molar-refractivity contribution in [3.63, 3.8) is 0 Å².